The molecule has 1 aliphatic rings. The lowest BCUT2D eigenvalue weighted by Gasteiger charge is -2.32. The summed E-state index contributed by atoms with van der Waals surface area (Å²) in [6.07, 6.45) is 0. The largest absolute Gasteiger partial charge is 0.304 e. The van der Waals surface area contributed by atoms with E-state index in [9.17, 15) is 0 Å². The van der Waals surface area contributed by atoms with Gasteiger partial charge in [-0.3, -0.25) is 4.90 Å². The minimum atomic E-state index is 0.807. The average molecular weight is 215 g/mol. The maximum Gasteiger partial charge on any atom is 0.0995 e. The zero-order chi connectivity index (χ0) is 11.4. The molecule has 0 amide bonds. The number of hydrogen-bond donors (Lipinski definition) is 0. The zero-order valence-electron chi connectivity index (χ0n) is 9.69. The van der Waals surface area contributed by atoms with E-state index in [4.69, 9.17) is 5.26 Å². The molecule has 3 heteroatoms. The molecule has 2 rings (SSSR count). The second kappa shape index (κ2) is 5.11. The van der Waals surface area contributed by atoms with E-state index in [0.29, 0.717) is 0 Å². The van der Waals surface area contributed by atoms with Crippen molar-refractivity contribution in [3.8, 4) is 6.07 Å². The van der Waals surface area contributed by atoms with Crippen LogP contribution in [0.4, 0.5) is 0 Å². The molecule has 3 nitrogen and oxygen atoms in total. The molecule has 84 valence electrons. The van der Waals surface area contributed by atoms with Crippen LogP contribution in [0.25, 0.3) is 0 Å². The smallest absolute Gasteiger partial charge is 0.0995 e. The van der Waals surface area contributed by atoms with Gasteiger partial charge >= 0.3 is 0 Å². The second-order valence-electron chi connectivity index (χ2n) is 4.35. The van der Waals surface area contributed by atoms with Crippen LogP contribution >= 0.6 is 0 Å². The summed E-state index contributed by atoms with van der Waals surface area (Å²) >= 11 is 0. The Hall–Kier alpha value is -1.37. The maximum absolute atomic E-state index is 9.01. The van der Waals surface area contributed by atoms with Crippen molar-refractivity contribution in [2.24, 2.45) is 0 Å². The lowest BCUT2D eigenvalue weighted by atomic mass is 10.1. The summed E-state index contributed by atoms with van der Waals surface area (Å²) in [6, 6.07) is 10.1. The van der Waals surface area contributed by atoms with Crippen molar-refractivity contribution in [2.45, 2.75) is 6.54 Å². The summed E-state index contributed by atoms with van der Waals surface area (Å²) in [5.74, 6) is 0. The molecule has 0 N–H and O–H groups in total. The Morgan fingerprint density at radius 3 is 2.56 bits per heavy atom. The van der Waals surface area contributed by atoms with E-state index in [1.807, 2.05) is 18.2 Å². The Morgan fingerprint density at radius 2 is 1.88 bits per heavy atom. The number of likely N-dealkylation sites (N-methyl/N-ethyl adjacent to an activating group) is 1. The van der Waals surface area contributed by atoms with Crippen LogP contribution in [-0.2, 0) is 6.54 Å². The van der Waals surface area contributed by atoms with Crippen LogP contribution in [0.5, 0.6) is 0 Å². The van der Waals surface area contributed by atoms with E-state index in [1.165, 1.54) is 0 Å². The second-order valence-corrected chi connectivity index (χ2v) is 4.35. The molecule has 0 aliphatic carbocycles. The highest BCUT2D eigenvalue weighted by Crippen LogP contribution is 2.12. The van der Waals surface area contributed by atoms with Gasteiger partial charge < -0.3 is 4.90 Å². The number of benzene rings is 1. The van der Waals surface area contributed by atoms with Crippen LogP contribution in [0.2, 0.25) is 0 Å². The van der Waals surface area contributed by atoms with Crippen LogP contribution in [0.1, 0.15) is 11.1 Å². The Kier molecular flexibility index (Phi) is 3.55. The van der Waals surface area contributed by atoms with Gasteiger partial charge in [-0.1, -0.05) is 18.2 Å². The first kappa shape index (κ1) is 11.1. The summed E-state index contributed by atoms with van der Waals surface area (Å²) in [5, 5.41) is 9.01. The standard InChI is InChI=1S/C13H17N3/c1-15-6-8-16(9-7-15)11-13-5-3-2-4-12(13)10-14/h2-5H,6-9,11H2,1H3. The summed E-state index contributed by atoms with van der Waals surface area (Å²) in [5.41, 5.74) is 1.95. The van der Waals surface area contributed by atoms with Gasteiger partial charge in [0.05, 0.1) is 11.6 Å². The molecule has 1 aromatic carbocycles. The van der Waals surface area contributed by atoms with E-state index >= 15 is 0 Å². The molecule has 0 unspecified atom stereocenters. The number of nitrogens with zero attached hydrogens (tertiary/aromatic N) is 3. The maximum atomic E-state index is 9.01. The monoisotopic (exact) mass is 215 g/mol. The molecule has 0 aromatic heterocycles. The molecule has 1 aliphatic heterocycles. The van der Waals surface area contributed by atoms with E-state index in [1.54, 1.807) is 0 Å². The predicted molar refractivity (Wildman–Crippen MR) is 63.9 cm³/mol. The summed E-state index contributed by atoms with van der Waals surface area (Å²) in [6.45, 7) is 5.33. The van der Waals surface area contributed by atoms with E-state index in [2.05, 4.69) is 29.0 Å². The third-order valence-corrected chi connectivity index (χ3v) is 3.13. The Labute approximate surface area is 96.9 Å². The molecule has 0 saturated carbocycles. The average Bonchev–Trinajstić information content (AvgIpc) is 2.33. The Balaban J connectivity index is 2.01. The van der Waals surface area contributed by atoms with Crippen molar-refractivity contribution < 1.29 is 0 Å². The number of nitriles is 1. The summed E-state index contributed by atoms with van der Waals surface area (Å²) < 4.78 is 0. The topological polar surface area (TPSA) is 30.3 Å². The van der Waals surface area contributed by atoms with Crippen LogP contribution in [0.15, 0.2) is 24.3 Å². The molecule has 1 aromatic rings. The highest BCUT2D eigenvalue weighted by Gasteiger charge is 2.14. The van der Waals surface area contributed by atoms with Gasteiger partial charge in [0.25, 0.3) is 0 Å². The van der Waals surface area contributed by atoms with Crippen molar-refractivity contribution in [1.29, 1.82) is 5.26 Å². The van der Waals surface area contributed by atoms with Crippen LogP contribution in [-0.4, -0.2) is 43.0 Å². The normalized spacial score (nSPS) is 18.2. The first-order valence-electron chi connectivity index (χ1n) is 5.68. The molecule has 1 fully saturated rings. The first-order chi connectivity index (χ1) is 7.79. The van der Waals surface area contributed by atoms with Gasteiger partial charge in [-0.15, -0.1) is 0 Å². The highest BCUT2D eigenvalue weighted by molar-refractivity contribution is 5.37. The minimum absolute atomic E-state index is 0.807. The van der Waals surface area contributed by atoms with Crippen LogP contribution in [0, 0.1) is 11.3 Å². The van der Waals surface area contributed by atoms with E-state index in [0.717, 1.165) is 43.9 Å². The van der Waals surface area contributed by atoms with E-state index in [-0.39, 0.29) is 0 Å². The van der Waals surface area contributed by atoms with Crippen molar-refractivity contribution in [3.63, 3.8) is 0 Å². The van der Waals surface area contributed by atoms with Gasteiger partial charge in [0.2, 0.25) is 0 Å². The zero-order valence-corrected chi connectivity index (χ0v) is 9.69. The Bertz CT molecular complexity index is 386. The molecule has 1 saturated heterocycles. The van der Waals surface area contributed by atoms with Crippen LogP contribution in [0.3, 0.4) is 0 Å². The summed E-state index contributed by atoms with van der Waals surface area (Å²) in [7, 11) is 2.15. The molecule has 16 heavy (non-hydrogen) atoms. The lowest BCUT2D eigenvalue weighted by molar-refractivity contribution is 0.148. The van der Waals surface area contributed by atoms with Gasteiger partial charge in [-0.05, 0) is 18.7 Å². The number of rotatable bonds is 2. The van der Waals surface area contributed by atoms with Gasteiger partial charge in [-0.25, -0.2) is 0 Å². The molecule has 0 radical (unpaired) electrons. The molecule has 0 bridgehead atoms. The lowest BCUT2D eigenvalue weighted by Crippen LogP contribution is -2.43. The van der Waals surface area contributed by atoms with Gasteiger partial charge in [-0.2, -0.15) is 5.26 Å². The molecular weight excluding hydrogens is 198 g/mol. The predicted octanol–water partition coefficient (Wildman–Crippen LogP) is 1.31. The molecular formula is C13H17N3. The molecule has 1 heterocycles. The van der Waals surface area contributed by atoms with Gasteiger partial charge in [0.15, 0.2) is 0 Å². The molecule has 0 atom stereocenters. The third-order valence-electron chi connectivity index (χ3n) is 3.13. The fraction of sp³-hybridized carbons (Fsp3) is 0.462. The highest BCUT2D eigenvalue weighted by atomic mass is 15.2. The van der Waals surface area contributed by atoms with Crippen molar-refractivity contribution in [1.82, 2.24) is 9.80 Å². The van der Waals surface area contributed by atoms with Crippen molar-refractivity contribution >= 4 is 0 Å². The van der Waals surface area contributed by atoms with Gasteiger partial charge in [0, 0.05) is 32.7 Å². The van der Waals surface area contributed by atoms with E-state index < -0.39 is 0 Å². The molecule has 0 spiro atoms. The summed E-state index contributed by atoms with van der Waals surface area (Å²) in [4.78, 5) is 4.75. The number of hydrogen-bond acceptors (Lipinski definition) is 3. The van der Waals surface area contributed by atoms with Crippen molar-refractivity contribution in [3.05, 3.63) is 35.4 Å². The minimum Gasteiger partial charge on any atom is -0.304 e. The quantitative estimate of drug-likeness (QED) is 0.745. The van der Waals surface area contributed by atoms with Crippen LogP contribution < -0.4 is 0 Å². The first-order valence-corrected chi connectivity index (χ1v) is 5.68. The SMILES string of the molecule is CN1CCN(Cc2ccccc2C#N)CC1. The number of piperazine rings is 1. The fourth-order valence-corrected chi connectivity index (χ4v) is 2.01. The van der Waals surface area contributed by atoms with Gasteiger partial charge in [0.1, 0.15) is 0 Å². The third kappa shape index (κ3) is 2.60. The van der Waals surface area contributed by atoms with Crippen molar-refractivity contribution in [2.75, 3.05) is 33.2 Å². The Morgan fingerprint density at radius 1 is 1.19 bits per heavy atom. The fourth-order valence-electron chi connectivity index (χ4n) is 2.01.